The summed E-state index contributed by atoms with van der Waals surface area (Å²) in [5.41, 5.74) is 11.1. The Hall–Kier alpha value is -3.40. The third-order valence-electron chi connectivity index (χ3n) is 12.7. The molecule has 0 radical (unpaired) electrons. The third kappa shape index (κ3) is 11.8. The molecule has 292 valence electrons. The summed E-state index contributed by atoms with van der Waals surface area (Å²) in [7, 11) is 0. The van der Waals surface area contributed by atoms with E-state index in [1.807, 2.05) is 19.1 Å². The molecule has 53 heavy (non-hydrogen) atoms. The molecule has 0 heterocycles. The van der Waals surface area contributed by atoms with Gasteiger partial charge in [0.25, 0.3) is 11.8 Å². The number of hydrogen-bond donors (Lipinski definition) is 2. The number of amides is 2. The van der Waals surface area contributed by atoms with Crippen LogP contribution in [-0.2, 0) is 34.5 Å². The number of carbonyl (C=O) groups excluding carboxylic acids is 2. The standard InChI is InChI=1S/C49H74N2O2/c1-14-46(6,7)40-26-24-36(42(33-40)48(10,11)16-3)22-18-20-28-50-44(52)38-30-35(5)31-39(32-38)45(53)51-29-21-19-23-37-25-27-41(47(8,9)15-2)34-43(37)49(12,13)17-4/h24-27,30-34H,14-23,28-29H2,1-13H3,(H,50,52)(H,51,53). The SMILES string of the molecule is CCC(C)(C)c1ccc(CCCCNC(=O)c2cc(C)cc(C(=O)NCCCCc3ccc(C(C)(C)CC)cc3C(C)(C)CC)c2)c(C(C)(C)CC)c1. The Balaban J connectivity index is 1.53. The lowest BCUT2D eigenvalue weighted by Gasteiger charge is -2.31. The molecule has 0 atom stereocenters. The first-order valence-electron chi connectivity index (χ1n) is 20.8. The van der Waals surface area contributed by atoms with Gasteiger partial charge in [-0.3, -0.25) is 9.59 Å². The molecule has 0 aliphatic carbocycles. The van der Waals surface area contributed by atoms with Gasteiger partial charge in [-0.25, -0.2) is 0 Å². The molecule has 0 aromatic heterocycles. The molecule has 3 aromatic rings. The van der Waals surface area contributed by atoms with Crippen LogP contribution in [0.25, 0.3) is 0 Å². The van der Waals surface area contributed by atoms with E-state index < -0.39 is 0 Å². The number of hydrogen-bond acceptors (Lipinski definition) is 2. The number of unbranched alkanes of at least 4 members (excludes halogenated alkanes) is 2. The van der Waals surface area contributed by atoms with E-state index >= 15 is 0 Å². The van der Waals surface area contributed by atoms with Gasteiger partial charge in [-0.1, -0.05) is 119 Å². The van der Waals surface area contributed by atoms with Crippen LogP contribution in [0, 0.1) is 6.92 Å². The Morgan fingerprint density at radius 1 is 0.491 bits per heavy atom. The Bertz CT molecular complexity index is 1560. The van der Waals surface area contributed by atoms with Gasteiger partial charge in [0, 0.05) is 24.2 Å². The van der Waals surface area contributed by atoms with Crippen molar-refractivity contribution in [1.29, 1.82) is 0 Å². The normalized spacial score (nSPS) is 12.5. The lowest BCUT2D eigenvalue weighted by Crippen LogP contribution is -2.27. The van der Waals surface area contributed by atoms with Crippen LogP contribution in [-0.4, -0.2) is 24.9 Å². The topological polar surface area (TPSA) is 58.2 Å². The van der Waals surface area contributed by atoms with E-state index in [2.05, 4.69) is 130 Å². The van der Waals surface area contributed by atoms with Crippen molar-refractivity contribution >= 4 is 11.8 Å². The van der Waals surface area contributed by atoms with E-state index in [-0.39, 0.29) is 33.5 Å². The predicted molar refractivity (Wildman–Crippen MR) is 228 cm³/mol. The van der Waals surface area contributed by atoms with E-state index in [1.165, 1.54) is 33.4 Å². The van der Waals surface area contributed by atoms with Crippen molar-refractivity contribution in [2.45, 2.75) is 176 Å². The second-order valence-corrected chi connectivity index (χ2v) is 18.2. The molecule has 0 aliphatic heterocycles. The average Bonchev–Trinajstić information content (AvgIpc) is 3.13. The molecule has 0 saturated carbocycles. The number of carbonyl (C=O) groups is 2. The minimum atomic E-state index is -0.124. The fraction of sp³-hybridized carbons (Fsp3) is 0.592. The van der Waals surface area contributed by atoms with Crippen molar-refractivity contribution in [3.63, 3.8) is 0 Å². The zero-order valence-electron chi connectivity index (χ0n) is 36.0. The van der Waals surface area contributed by atoms with Gasteiger partial charge in [0.15, 0.2) is 0 Å². The monoisotopic (exact) mass is 723 g/mol. The van der Waals surface area contributed by atoms with Gasteiger partial charge in [-0.2, -0.15) is 0 Å². The number of aryl methyl sites for hydroxylation is 3. The largest absolute Gasteiger partial charge is 0.352 e. The van der Waals surface area contributed by atoms with Gasteiger partial charge < -0.3 is 10.6 Å². The molecule has 3 rings (SSSR count). The van der Waals surface area contributed by atoms with Gasteiger partial charge >= 0.3 is 0 Å². The molecule has 4 nitrogen and oxygen atoms in total. The lowest BCUT2D eigenvalue weighted by molar-refractivity contribution is 0.0952. The second kappa shape index (κ2) is 18.8. The summed E-state index contributed by atoms with van der Waals surface area (Å²) < 4.78 is 0. The lowest BCUT2D eigenvalue weighted by atomic mass is 9.74. The summed E-state index contributed by atoms with van der Waals surface area (Å²) in [4.78, 5) is 26.4. The van der Waals surface area contributed by atoms with E-state index in [9.17, 15) is 9.59 Å². The van der Waals surface area contributed by atoms with Crippen LogP contribution in [0.3, 0.4) is 0 Å². The maximum absolute atomic E-state index is 13.2. The Morgan fingerprint density at radius 2 is 0.849 bits per heavy atom. The molecule has 2 N–H and O–H groups in total. The van der Waals surface area contributed by atoms with Gasteiger partial charge in [0.1, 0.15) is 0 Å². The molecule has 0 saturated heterocycles. The van der Waals surface area contributed by atoms with Gasteiger partial charge in [0.2, 0.25) is 0 Å². The molecule has 3 aromatic carbocycles. The molecule has 2 amide bonds. The second-order valence-electron chi connectivity index (χ2n) is 18.2. The van der Waals surface area contributed by atoms with Crippen LogP contribution >= 0.6 is 0 Å². The summed E-state index contributed by atoms with van der Waals surface area (Å²) >= 11 is 0. The summed E-state index contributed by atoms with van der Waals surface area (Å²) in [6.07, 6.45) is 10.2. The molecule has 4 heteroatoms. The summed E-state index contributed by atoms with van der Waals surface area (Å²) in [5.74, 6) is -0.248. The van der Waals surface area contributed by atoms with Gasteiger partial charge in [-0.05, 0) is 150 Å². The summed E-state index contributed by atoms with van der Waals surface area (Å²) in [5, 5.41) is 6.22. The quantitative estimate of drug-likeness (QED) is 0.114. The van der Waals surface area contributed by atoms with Gasteiger partial charge in [0.05, 0.1) is 0 Å². The number of benzene rings is 3. The first-order valence-corrected chi connectivity index (χ1v) is 20.8. The maximum Gasteiger partial charge on any atom is 0.251 e. The van der Waals surface area contributed by atoms with Crippen molar-refractivity contribution in [1.82, 2.24) is 10.6 Å². The van der Waals surface area contributed by atoms with Gasteiger partial charge in [-0.15, -0.1) is 0 Å². The van der Waals surface area contributed by atoms with Crippen LogP contribution in [0.5, 0.6) is 0 Å². The molecule has 0 bridgehead atoms. The highest BCUT2D eigenvalue weighted by Gasteiger charge is 2.27. The number of nitrogens with one attached hydrogen (secondary N) is 2. The van der Waals surface area contributed by atoms with Crippen LogP contribution in [0.4, 0.5) is 0 Å². The zero-order valence-corrected chi connectivity index (χ0v) is 36.0. The van der Waals surface area contributed by atoms with E-state index in [4.69, 9.17) is 0 Å². The maximum atomic E-state index is 13.2. The average molecular weight is 723 g/mol. The van der Waals surface area contributed by atoms with Crippen molar-refractivity contribution in [3.8, 4) is 0 Å². The highest BCUT2D eigenvalue weighted by atomic mass is 16.2. The van der Waals surface area contributed by atoms with Crippen molar-refractivity contribution in [3.05, 3.63) is 105 Å². The minimum Gasteiger partial charge on any atom is -0.352 e. The van der Waals surface area contributed by atoms with Crippen molar-refractivity contribution in [2.75, 3.05) is 13.1 Å². The Morgan fingerprint density at radius 3 is 1.19 bits per heavy atom. The molecule has 0 unspecified atom stereocenters. The molecule has 0 fully saturated rings. The molecular formula is C49H74N2O2. The molecular weight excluding hydrogens is 649 g/mol. The molecule has 0 spiro atoms. The van der Waals surface area contributed by atoms with Crippen molar-refractivity contribution in [2.24, 2.45) is 0 Å². The van der Waals surface area contributed by atoms with E-state index in [1.54, 1.807) is 6.07 Å². The van der Waals surface area contributed by atoms with E-state index in [0.29, 0.717) is 24.2 Å². The summed E-state index contributed by atoms with van der Waals surface area (Å²) in [6, 6.07) is 19.7. The van der Waals surface area contributed by atoms with Crippen molar-refractivity contribution < 1.29 is 9.59 Å². The minimum absolute atomic E-state index is 0.118. The van der Waals surface area contributed by atoms with Crippen LogP contribution in [0.1, 0.15) is 194 Å². The van der Waals surface area contributed by atoms with Crippen LogP contribution in [0.15, 0.2) is 54.6 Å². The number of rotatable bonds is 20. The summed E-state index contributed by atoms with van der Waals surface area (Å²) in [6.45, 7) is 31.0. The van der Waals surface area contributed by atoms with E-state index in [0.717, 1.165) is 69.8 Å². The zero-order chi connectivity index (χ0) is 39.6. The highest BCUT2D eigenvalue weighted by molar-refractivity contribution is 6.00. The fourth-order valence-electron chi connectivity index (χ4n) is 7.01. The Labute approximate surface area is 324 Å². The highest BCUT2D eigenvalue weighted by Crippen LogP contribution is 2.37. The fourth-order valence-corrected chi connectivity index (χ4v) is 7.01. The molecule has 0 aliphatic rings. The Kier molecular flexibility index (Phi) is 15.6. The predicted octanol–water partition coefficient (Wildman–Crippen LogP) is 12.3. The smallest absolute Gasteiger partial charge is 0.251 e. The first kappa shape index (κ1) is 44.0. The van der Waals surface area contributed by atoms with Crippen LogP contribution < -0.4 is 10.6 Å². The third-order valence-corrected chi connectivity index (χ3v) is 12.7. The van der Waals surface area contributed by atoms with Crippen LogP contribution in [0.2, 0.25) is 0 Å². The first-order chi connectivity index (χ1) is 24.8.